The van der Waals surface area contributed by atoms with Crippen LogP contribution in [0.15, 0.2) is 76.7 Å². The van der Waals surface area contributed by atoms with Crippen molar-refractivity contribution in [3.63, 3.8) is 0 Å². The second-order valence-corrected chi connectivity index (χ2v) is 7.87. The molecule has 0 radical (unpaired) electrons. The van der Waals surface area contributed by atoms with Crippen LogP contribution in [0.4, 0.5) is 0 Å². The van der Waals surface area contributed by atoms with Crippen molar-refractivity contribution in [3.05, 3.63) is 82.5 Å². The van der Waals surface area contributed by atoms with Crippen LogP contribution < -0.4 is 10.4 Å². The van der Waals surface area contributed by atoms with E-state index >= 15 is 0 Å². The number of carbonyl (C=O) groups excluding carboxylic acids is 1. The normalized spacial score (nSPS) is 12.5. The van der Waals surface area contributed by atoms with Crippen molar-refractivity contribution in [3.8, 4) is 5.75 Å². The maximum atomic E-state index is 12.6. The Balaban J connectivity index is 1.89. The van der Waals surface area contributed by atoms with Crippen LogP contribution in [0, 0.1) is 0 Å². The Morgan fingerprint density at radius 3 is 2.30 bits per heavy atom. The maximum absolute atomic E-state index is 12.6. The summed E-state index contributed by atoms with van der Waals surface area (Å²) < 4.78 is 32.0. The number of halogens is 1. The zero-order chi connectivity index (χ0) is 19.6. The van der Waals surface area contributed by atoms with Crippen molar-refractivity contribution in [1.82, 2.24) is 8.54 Å². The fraction of sp³-hybridized carbons (Fsp3) is 0.111. The summed E-state index contributed by atoms with van der Waals surface area (Å²) in [5, 5.41) is 0.362. The Morgan fingerprint density at radius 2 is 1.67 bits per heavy atom. The molecule has 27 heavy (non-hydrogen) atoms. The van der Waals surface area contributed by atoms with Gasteiger partial charge < -0.3 is 4.74 Å². The molecule has 0 N–H and O–H groups in total. The molecule has 3 aromatic rings. The fourth-order valence-electron chi connectivity index (χ4n) is 2.38. The highest BCUT2D eigenvalue weighted by atomic mass is 35.5. The predicted octanol–water partition coefficient (Wildman–Crippen LogP) is 2.65. The van der Waals surface area contributed by atoms with E-state index in [1.165, 1.54) is 31.2 Å². The number of para-hydroxylation sites is 1. The van der Waals surface area contributed by atoms with Gasteiger partial charge in [0.2, 0.25) is 0 Å². The van der Waals surface area contributed by atoms with Gasteiger partial charge in [-0.15, -0.1) is 0 Å². The van der Waals surface area contributed by atoms with Gasteiger partial charge >= 0.3 is 5.69 Å². The Morgan fingerprint density at radius 1 is 1.04 bits per heavy atom. The van der Waals surface area contributed by atoms with Gasteiger partial charge in [-0.25, -0.2) is 17.8 Å². The third-order valence-corrected chi connectivity index (χ3v) is 5.67. The van der Waals surface area contributed by atoms with Crippen LogP contribution in [0.25, 0.3) is 0 Å². The third kappa shape index (κ3) is 3.81. The number of ether oxygens (including phenoxy) is 1. The summed E-state index contributed by atoms with van der Waals surface area (Å²) in [6, 6.07) is 14.0. The molecule has 3 rings (SSSR count). The molecule has 0 aliphatic carbocycles. The van der Waals surface area contributed by atoms with Crippen molar-refractivity contribution in [2.75, 3.05) is 0 Å². The minimum atomic E-state index is -4.15. The number of benzene rings is 2. The number of hydrogen-bond acceptors (Lipinski definition) is 5. The van der Waals surface area contributed by atoms with E-state index < -0.39 is 27.7 Å². The van der Waals surface area contributed by atoms with Crippen LogP contribution in [0.1, 0.15) is 11.7 Å². The lowest BCUT2D eigenvalue weighted by molar-refractivity contribution is 0.0723. The number of rotatable bonds is 5. The molecule has 1 heterocycles. The molecule has 0 fully saturated rings. The lowest BCUT2D eigenvalue weighted by atomic mass is 10.3. The van der Waals surface area contributed by atoms with Crippen LogP contribution in [-0.2, 0) is 10.0 Å². The summed E-state index contributed by atoms with van der Waals surface area (Å²) >= 11 is 5.76. The van der Waals surface area contributed by atoms with E-state index in [1.54, 1.807) is 30.3 Å². The number of aromatic nitrogens is 2. The van der Waals surface area contributed by atoms with E-state index in [0.717, 1.165) is 12.4 Å². The second kappa shape index (κ2) is 7.42. The minimum absolute atomic E-state index is 0.118. The molecule has 0 saturated heterocycles. The van der Waals surface area contributed by atoms with Crippen molar-refractivity contribution < 1.29 is 17.9 Å². The highest BCUT2D eigenvalue weighted by Crippen LogP contribution is 2.16. The lowest BCUT2D eigenvalue weighted by Crippen LogP contribution is -2.38. The standard InChI is InChI=1S/C18H15ClN2O5S/c1-13(26-15-5-3-2-4-6-15)17(22)20-11-12-21(18(20)23)27(24,25)16-9-7-14(19)8-10-16/h2-13H,1H3/t13-/m1/s1. The first-order valence-corrected chi connectivity index (χ1v) is 9.69. The molecule has 1 aromatic heterocycles. The molecular formula is C18H15ClN2O5S. The largest absolute Gasteiger partial charge is 0.481 e. The Labute approximate surface area is 160 Å². The predicted molar refractivity (Wildman–Crippen MR) is 99.9 cm³/mol. The van der Waals surface area contributed by atoms with Gasteiger partial charge in [-0.3, -0.25) is 4.79 Å². The van der Waals surface area contributed by atoms with E-state index in [4.69, 9.17) is 16.3 Å². The molecule has 0 bridgehead atoms. The van der Waals surface area contributed by atoms with Gasteiger partial charge in [0, 0.05) is 17.4 Å². The number of hydrogen-bond donors (Lipinski definition) is 0. The van der Waals surface area contributed by atoms with Gasteiger partial charge in [-0.05, 0) is 43.3 Å². The average Bonchev–Trinajstić information content (AvgIpc) is 3.04. The molecule has 1 atom stereocenters. The van der Waals surface area contributed by atoms with Crippen molar-refractivity contribution >= 4 is 27.5 Å². The topological polar surface area (TPSA) is 87.4 Å². The highest BCUT2D eigenvalue weighted by Gasteiger charge is 2.25. The molecule has 0 saturated carbocycles. The van der Waals surface area contributed by atoms with Crippen molar-refractivity contribution in [2.45, 2.75) is 17.9 Å². The fourth-order valence-corrected chi connectivity index (χ4v) is 3.72. The molecule has 7 nitrogen and oxygen atoms in total. The maximum Gasteiger partial charge on any atom is 0.349 e. The minimum Gasteiger partial charge on any atom is -0.481 e. The van der Waals surface area contributed by atoms with Crippen LogP contribution in [0.2, 0.25) is 5.02 Å². The summed E-state index contributed by atoms with van der Waals surface area (Å²) in [6.07, 6.45) is 1.14. The molecule has 0 spiro atoms. The Bertz CT molecular complexity index is 1120. The summed E-state index contributed by atoms with van der Waals surface area (Å²) in [7, 11) is -4.15. The lowest BCUT2D eigenvalue weighted by Gasteiger charge is -2.13. The van der Waals surface area contributed by atoms with Crippen LogP contribution in [-0.4, -0.2) is 29.0 Å². The van der Waals surface area contributed by atoms with E-state index in [1.807, 2.05) is 0 Å². The van der Waals surface area contributed by atoms with Gasteiger partial charge in [-0.2, -0.15) is 3.97 Å². The van der Waals surface area contributed by atoms with E-state index in [9.17, 15) is 18.0 Å². The molecule has 2 aromatic carbocycles. The first kappa shape index (κ1) is 18.9. The van der Waals surface area contributed by atoms with E-state index in [-0.39, 0.29) is 4.90 Å². The first-order chi connectivity index (χ1) is 12.8. The second-order valence-electron chi connectivity index (χ2n) is 5.62. The van der Waals surface area contributed by atoms with Crippen LogP contribution in [0.5, 0.6) is 5.75 Å². The summed E-state index contributed by atoms with van der Waals surface area (Å²) in [5.41, 5.74) is -1.00. The highest BCUT2D eigenvalue weighted by molar-refractivity contribution is 7.90. The molecule has 0 aliphatic rings. The molecule has 9 heteroatoms. The quantitative estimate of drug-likeness (QED) is 0.650. The molecule has 140 valence electrons. The average molecular weight is 407 g/mol. The van der Waals surface area contributed by atoms with E-state index in [2.05, 4.69) is 0 Å². The van der Waals surface area contributed by atoms with Crippen LogP contribution in [0.3, 0.4) is 0 Å². The Hall–Kier alpha value is -2.84. The molecule has 0 amide bonds. The van der Waals surface area contributed by atoms with Crippen molar-refractivity contribution in [2.24, 2.45) is 0 Å². The SMILES string of the molecule is C[C@@H](Oc1ccccc1)C(=O)n1ccn(S(=O)(=O)c2ccc(Cl)cc2)c1=O. The van der Waals surface area contributed by atoms with Gasteiger partial charge in [0.1, 0.15) is 5.75 Å². The summed E-state index contributed by atoms with van der Waals surface area (Å²) in [6.45, 7) is 1.48. The zero-order valence-corrected chi connectivity index (χ0v) is 15.7. The first-order valence-electron chi connectivity index (χ1n) is 7.88. The van der Waals surface area contributed by atoms with Gasteiger partial charge in [-0.1, -0.05) is 29.8 Å². The van der Waals surface area contributed by atoms with Crippen molar-refractivity contribution in [1.29, 1.82) is 0 Å². The molecular weight excluding hydrogens is 392 g/mol. The number of imidazole rings is 1. The smallest absolute Gasteiger partial charge is 0.349 e. The number of carbonyl (C=O) groups is 1. The van der Waals surface area contributed by atoms with E-state index in [0.29, 0.717) is 19.3 Å². The van der Waals surface area contributed by atoms with Crippen LogP contribution >= 0.6 is 11.6 Å². The van der Waals surface area contributed by atoms with Gasteiger partial charge in [0.15, 0.2) is 6.10 Å². The van der Waals surface area contributed by atoms with Gasteiger partial charge in [0.05, 0.1) is 4.90 Å². The summed E-state index contributed by atoms with van der Waals surface area (Å²) in [4.78, 5) is 24.9. The molecule has 0 unspecified atom stereocenters. The Kier molecular flexibility index (Phi) is 5.20. The zero-order valence-electron chi connectivity index (χ0n) is 14.2. The third-order valence-electron chi connectivity index (χ3n) is 3.76. The molecule has 0 aliphatic heterocycles. The summed E-state index contributed by atoms with van der Waals surface area (Å²) in [5.74, 6) is -0.228. The van der Waals surface area contributed by atoms with Gasteiger partial charge in [0.25, 0.3) is 15.9 Å². The number of nitrogens with zero attached hydrogens (tertiary/aromatic N) is 2. The monoisotopic (exact) mass is 406 g/mol.